The molecule has 6 aromatic rings. The quantitative estimate of drug-likeness (QED) is 0.121. The fourth-order valence-corrected chi connectivity index (χ4v) is 6.08. The van der Waals surface area contributed by atoms with Gasteiger partial charge in [-0.15, -0.1) is 0 Å². The Morgan fingerprint density at radius 1 is 0.814 bits per heavy atom. The van der Waals surface area contributed by atoms with Crippen molar-refractivity contribution < 1.29 is 28.7 Å². The van der Waals surface area contributed by atoms with Crippen molar-refractivity contribution in [3.63, 3.8) is 0 Å². The number of aromatic nitrogens is 1. The zero-order chi connectivity index (χ0) is 30.2. The van der Waals surface area contributed by atoms with Gasteiger partial charge in [0, 0.05) is 11.6 Å². The Morgan fingerprint density at radius 2 is 1.47 bits per heavy atom. The number of carboxylic acids is 1. The highest BCUT2D eigenvalue weighted by Gasteiger charge is 2.28. The highest BCUT2D eigenvalue weighted by Crippen LogP contribution is 2.40. The van der Waals surface area contributed by atoms with Gasteiger partial charge in [0.2, 0.25) is 11.0 Å². The summed E-state index contributed by atoms with van der Waals surface area (Å²) in [5, 5.41) is 14.0. The van der Waals surface area contributed by atoms with Gasteiger partial charge in [0.05, 0.1) is 34.6 Å². The Bertz CT molecular complexity index is 2040. The summed E-state index contributed by atoms with van der Waals surface area (Å²) in [5.74, 6) is -0.778. The number of hydrogen-bond acceptors (Lipinski definition) is 4. The van der Waals surface area contributed by atoms with Crippen LogP contribution in [-0.2, 0) is 18.4 Å². The van der Waals surface area contributed by atoms with Crippen LogP contribution in [0.25, 0.3) is 43.7 Å². The summed E-state index contributed by atoms with van der Waals surface area (Å²) in [6.07, 6.45) is 0. The fraction of sp³-hybridized carbons (Fsp3) is 0.162. The van der Waals surface area contributed by atoms with Gasteiger partial charge in [0.25, 0.3) is 0 Å². The van der Waals surface area contributed by atoms with Crippen LogP contribution in [0.15, 0.2) is 91.0 Å². The Kier molecular flexibility index (Phi) is 7.28. The van der Waals surface area contributed by atoms with Gasteiger partial charge in [-0.3, -0.25) is 0 Å². The van der Waals surface area contributed by atoms with Gasteiger partial charge in [-0.1, -0.05) is 54.6 Å². The van der Waals surface area contributed by atoms with Crippen LogP contribution in [0.3, 0.4) is 0 Å². The van der Waals surface area contributed by atoms with Crippen molar-refractivity contribution in [1.82, 2.24) is 0 Å². The molecule has 0 aliphatic carbocycles. The van der Waals surface area contributed by atoms with E-state index in [9.17, 15) is 14.7 Å². The van der Waals surface area contributed by atoms with Crippen LogP contribution in [0.4, 0.5) is 0 Å². The van der Waals surface area contributed by atoms with Gasteiger partial charge in [-0.2, -0.15) is 4.57 Å². The van der Waals surface area contributed by atoms with Crippen LogP contribution in [0.2, 0.25) is 0 Å². The number of rotatable bonds is 7. The molecule has 0 aliphatic heterocycles. The average molecular weight is 571 g/mol. The number of aryl methyl sites for hydroxylation is 3. The van der Waals surface area contributed by atoms with E-state index in [1.807, 2.05) is 123 Å². The highest BCUT2D eigenvalue weighted by molar-refractivity contribution is 6.18. The van der Waals surface area contributed by atoms with E-state index < -0.39 is 11.9 Å². The molecule has 6 nitrogen and oxygen atoms in total. The number of benzene rings is 5. The molecule has 214 valence electrons. The number of esters is 1. The molecule has 0 amide bonds. The standard InChI is InChI=1S/C37H31NO5/c1-5-42-28-19-30(33-22(2)15-27(16-23(33)3)37(41)43-21-24-11-7-6-8-12-24)34-32(20-28)38(4)31-18-26-14-10-9-13-25(26)17-29(31)35(34)36(39)40/h6-20H,5,21H2,1-4H3/p+1. The molecule has 0 unspecified atom stereocenters. The van der Waals surface area contributed by atoms with Crippen molar-refractivity contribution in [1.29, 1.82) is 0 Å². The first-order chi connectivity index (χ1) is 20.8. The number of aromatic carboxylic acids is 1. The second-order valence-electron chi connectivity index (χ2n) is 10.8. The van der Waals surface area contributed by atoms with E-state index in [-0.39, 0.29) is 12.2 Å². The molecule has 5 aromatic carbocycles. The molecule has 6 rings (SSSR count). The minimum Gasteiger partial charge on any atom is -0.494 e. The summed E-state index contributed by atoms with van der Waals surface area (Å²) in [5.41, 5.74) is 6.40. The number of carbonyl (C=O) groups is 2. The maximum atomic E-state index is 13.1. The van der Waals surface area contributed by atoms with E-state index in [2.05, 4.69) is 0 Å². The van der Waals surface area contributed by atoms with Crippen LogP contribution >= 0.6 is 0 Å². The number of fused-ring (bicyclic) bond motifs is 3. The Morgan fingerprint density at radius 3 is 2.12 bits per heavy atom. The van der Waals surface area contributed by atoms with Crippen LogP contribution in [0.5, 0.6) is 5.75 Å². The van der Waals surface area contributed by atoms with E-state index in [0.29, 0.717) is 28.7 Å². The van der Waals surface area contributed by atoms with Crippen molar-refractivity contribution in [3.8, 4) is 16.9 Å². The molecule has 43 heavy (non-hydrogen) atoms. The summed E-state index contributed by atoms with van der Waals surface area (Å²) in [6, 6.07) is 28.9. The van der Waals surface area contributed by atoms with Crippen LogP contribution in [0.1, 0.15) is 44.3 Å². The summed E-state index contributed by atoms with van der Waals surface area (Å²) < 4.78 is 13.6. The van der Waals surface area contributed by atoms with Crippen molar-refractivity contribution in [3.05, 3.63) is 119 Å². The number of ether oxygens (including phenoxy) is 2. The molecule has 0 aliphatic rings. The molecular weight excluding hydrogens is 538 g/mol. The lowest BCUT2D eigenvalue weighted by Crippen LogP contribution is -2.31. The Labute approximate surface area is 249 Å². The minimum atomic E-state index is -1.01. The lowest BCUT2D eigenvalue weighted by Gasteiger charge is -2.18. The topological polar surface area (TPSA) is 76.7 Å². The summed E-state index contributed by atoms with van der Waals surface area (Å²) in [6.45, 7) is 6.43. The van der Waals surface area contributed by atoms with Crippen molar-refractivity contribution >= 4 is 44.5 Å². The van der Waals surface area contributed by atoms with Crippen LogP contribution in [-0.4, -0.2) is 23.7 Å². The van der Waals surface area contributed by atoms with E-state index >= 15 is 0 Å². The normalized spacial score (nSPS) is 11.3. The first-order valence-corrected chi connectivity index (χ1v) is 14.3. The molecule has 0 fully saturated rings. The second-order valence-corrected chi connectivity index (χ2v) is 10.8. The van der Waals surface area contributed by atoms with Crippen LogP contribution in [0, 0.1) is 13.8 Å². The molecular formula is C37H32NO5+. The summed E-state index contributed by atoms with van der Waals surface area (Å²) in [7, 11) is 1.95. The number of hydrogen-bond donors (Lipinski definition) is 1. The zero-order valence-electron chi connectivity index (χ0n) is 24.6. The Balaban J connectivity index is 1.59. The predicted molar refractivity (Wildman–Crippen MR) is 169 cm³/mol. The second kappa shape index (κ2) is 11.2. The molecule has 0 bridgehead atoms. The minimum absolute atomic E-state index is 0.181. The SMILES string of the molecule is CCOc1cc(-c2c(C)cc(C(=O)OCc3ccccc3)cc2C)c2c(C(=O)O)c3cc4ccccc4cc3[n+](C)c2c1. The monoisotopic (exact) mass is 570 g/mol. The Hall–Kier alpha value is -5.23. The number of pyridine rings is 1. The van der Waals surface area contributed by atoms with Gasteiger partial charge in [0.15, 0.2) is 0 Å². The van der Waals surface area contributed by atoms with Crippen molar-refractivity contribution in [2.45, 2.75) is 27.4 Å². The van der Waals surface area contributed by atoms with Crippen LogP contribution < -0.4 is 9.30 Å². The van der Waals surface area contributed by atoms with Gasteiger partial charge in [0.1, 0.15) is 19.4 Å². The maximum absolute atomic E-state index is 13.1. The maximum Gasteiger partial charge on any atom is 0.338 e. The number of nitrogens with zero attached hydrogens (tertiary/aromatic N) is 1. The predicted octanol–water partition coefficient (Wildman–Crippen LogP) is 7.71. The smallest absolute Gasteiger partial charge is 0.338 e. The largest absolute Gasteiger partial charge is 0.494 e. The molecule has 1 heterocycles. The number of carbonyl (C=O) groups excluding carboxylic acids is 1. The molecule has 0 spiro atoms. The highest BCUT2D eigenvalue weighted by atomic mass is 16.5. The molecule has 1 aromatic heterocycles. The molecule has 1 N–H and O–H groups in total. The zero-order valence-corrected chi connectivity index (χ0v) is 24.6. The molecule has 0 radical (unpaired) electrons. The van der Waals surface area contributed by atoms with E-state index in [0.717, 1.165) is 49.6 Å². The third-order valence-electron chi connectivity index (χ3n) is 7.97. The van der Waals surface area contributed by atoms with Gasteiger partial charge >= 0.3 is 11.9 Å². The van der Waals surface area contributed by atoms with Gasteiger partial charge in [-0.05, 0) is 78.1 Å². The molecule has 6 heteroatoms. The third-order valence-corrected chi connectivity index (χ3v) is 7.97. The van der Waals surface area contributed by atoms with Crippen molar-refractivity contribution in [2.75, 3.05) is 6.61 Å². The fourth-order valence-electron chi connectivity index (χ4n) is 6.08. The average Bonchev–Trinajstić information content (AvgIpc) is 2.99. The van der Waals surface area contributed by atoms with Gasteiger partial charge in [-0.25, -0.2) is 9.59 Å². The molecule has 0 saturated carbocycles. The molecule has 0 atom stereocenters. The third kappa shape index (κ3) is 5.06. The summed E-state index contributed by atoms with van der Waals surface area (Å²) >= 11 is 0. The molecule has 0 saturated heterocycles. The lowest BCUT2D eigenvalue weighted by atomic mass is 9.88. The van der Waals surface area contributed by atoms with E-state index in [4.69, 9.17) is 9.47 Å². The van der Waals surface area contributed by atoms with E-state index in [1.165, 1.54) is 0 Å². The number of carboxylic acid groups (broad SMARTS) is 1. The first-order valence-electron chi connectivity index (χ1n) is 14.3. The van der Waals surface area contributed by atoms with Crippen molar-refractivity contribution in [2.24, 2.45) is 7.05 Å². The summed E-state index contributed by atoms with van der Waals surface area (Å²) in [4.78, 5) is 26.1. The lowest BCUT2D eigenvalue weighted by molar-refractivity contribution is -0.617. The van der Waals surface area contributed by atoms with Gasteiger partial charge < -0.3 is 14.6 Å². The first kappa shape index (κ1) is 27.9. The van der Waals surface area contributed by atoms with E-state index in [1.54, 1.807) is 0 Å².